The van der Waals surface area contributed by atoms with Crippen molar-refractivity contribution in [1.29, 1.82) is 0 Å². The summed E-state index contributed by atoms with van der Waals surface area (Å²) in [5, 5.41) is 2.82. The highest BCUT2D eigenvalue weighted by molar-refractivity contribution is 5.85. The molecular weight excluding hydrogens is 302 g/mol. The summed E-state index contributed by atoms with van der Waals surface area (Å²) in [4.78, 5) is 25.0. The number of nitrogens with two attached hydrogens (primary N) is 1. The zero-order valence-electron chi connectivity index (χ0n) is 13.2. The minimum Gasteiger partial charge on any atom is -0.356 e. The van der Waals surface area contributed by atoms with Gasteiger partial charge in [-0.25, -0.2) is 0 Å². The Labute approximate surface area is 138 Å². The van der Waals surface area contributed by atoms with Crippen LogP contribution in [0.1, 0.15) is 32.3 Å². The van der Waals surface area contributed by atoms with Gasteiger partial charge >= 0.3 is 0 Å². The van der Waals surface area contributed by atoms with Gasteiger partial charge in [-0.3, -0.25) is 9.59 Å². The van der Waals surface area contributed by atoms with Crippen molar-refractivity contribution >= 4 is 24.2 Å². The van der Waals surface area contributed by atoms with Crippen LogP contribution in [0.25, 0.3) is 0 Å². The fourth-order valence-corrected chi connectivity index (χ4v) is 1.92. The van der Waals surface area contributed by atoms with Crippen molar-refractivity contribution in [3.63, 3.8) is 0 Å². The number of benzene rings is 1. The third kappa shape index (κ3) is 8.64. The third-order valence-electron chi connectivity index (χ3n) is 3.19. The monoisotopic (exact) mass is 327 g/mol. The van der Waals surface area contributed by atoms with Crippen LogP contribution < -0.4 is 11.1 Å². The van der Waals surface area contributed by atoms with E-state index < -0.39 is 0 Å². The van der Waals surface area contributed by atoms with Crippen LogP contribution in [0.15, 0.2) is 30.3 Å². The lowest BCUT2D eigenvalue weighted by molar-refractivity contribution is -0.130. The van der Waals surface area contributed by atoms with Crippen molar-refractivity contribution in [1.82, 2.24) is 10.2 Å². The minimum absolute atomic E-state index is 0. The molecule has 0 radical (unpaired) electrons. The van der Waals surface area contributed by atoms with Crippen molar-refractivity contribution in [2.45, 2.75) is 39.3 Å². The Morgan fingerprint density at radius 1 is 1.27 bits per heavy atom. The number of amides is 2. The standard InChI is InChI=1S/C16H25N3O2.ClH/c1-13(17)8-10-18-16(21)9-11-19(14(2)20)12-15-6-4-3-5-7-15;/h3-7,13H,8-12,17H2,1-2H3,(H,18,21);1H. The summed E-state index contributed by atoms with van der Waals surface area (Å²) >= 11 is 0. The molecule has 1 atom stereocenters. The molecule has 0 spiro atoms. The maximum absolute atomic E-state index is 11.7. The van der Waals surface area contributed by atoms with Gasteiger partial charge in [-0.15, -0.1) is 12.4 Å². The Morgan fingerprint density at radius 2 is 1.91 bits per heavy atom. The van der Waals surface area contributed by atoms with Crippen molar-refractivity contribution in [2.75, 3.05) is 13.1 Å². The first kappa shape index (κ1) is 20.4. The maximum atomic E-state index is 11.7. The molecule has 3 N–H and O–H groups in total. The molecule has 2 amide bonds. The third-order valence-corrected chi connectivity index (χ3v) is 3.19. The van der Waals surface area contributed by atoms with E-state index in [9.17, 15) is 9.59 Å². The Hall–Kier alpha value is -1.59. The summed E-state index contributed by atoms with van der Waals surface area (Å²) in [7, 11) is 0. The van der Waals surface area contributed by atoms with Gasteiger partial charge in [-0.05, 0) is 18.9 Å². The zero-order valence-corrected chi connectivity index (χ0v) is 14.1. The van der Waals surface area contributed by atoms with Gasteiger partial charge in [0.25, 0.3) is 0 Å². The minimum atomic E-state index is -0.0463. The summed E-state index contributed by atoms with van der Waals surface area (Å²) in [6, 6.07) is 9.84. The van der Waals surface area contributed by atoms with E-state index in [2.05, 4.69) is 5.32 Å². The SMILES string of the molecule is CC(=O)N(CCC(=O)NCCC(C)N)Cc1ccccc1.Cl. The van der Waals surface area contributed by atoms with Crippen molar-refractivity contribution in [3.05, 3.63) is 35.9 Å². The van der Waals surface area contributed by atoms with E-state index in [0.717, 1.165) is 12.0 Å². The van der Waals surface area contributed by atoms with Gasteiger partial charge in [0.2, 0.25) is 11.8 Å². The van der Waals surface area contributed by atoms with Gasteiger partial charge in [-0.2, -0.15) is 0 Å². The second-order valence-electron chi connectivity index (χ2n) is 5.29. The summed E-state index contributed by atoms with van der Waals surface area (Å²) < 4.78 is 0. The van der Waals surface area contributed by atoms with Crippen LogP contribution in [-0.2, 0) is 16.1 Å². The second kappa shape index (κ2) is 11.0. The number of nitrogens with one attached hydrogen (secondary N) is 1. The van der Waals surface area contributed by atoms with Crippen LogP contribution in [0.5, 0.6) is 0 Å². The first-order chi connectivity index (χ1) is 9.99. The zero-order chi connectivity index (χ0) is 15.7. The normalized spacial score (nSPS) is 11.2. The van der Waals surface area contributed by atoms with E-state index in [1.807, 2.05) is 37.3 Å². The topological polar surface area (TPSA) is 75.4 Å². The lowest BCUT2D eigenvalue weighted by Gasteiger charge is -2.21. The van der Waals surface area contributed by atoms with Gasteiger partial charge in [0.1, 0.15) is 0 Å². The highest BCUT2D eigenvalue weighted by atomic mass is 35.5. The molecule has 0 aliphatic rings. The molecule has 0 aromatic heterocycles. The number of carbonyl (C=O) groups is 2. The number of rotatable bonds is 8. The predicted octanol–water partition coefficient (Wildman–Crippen LogP) is 1.70. The van der Waals surface area contributed by atoms with Crippen LogP contribution >= 0.6 is 12.4 Å². The molecule has 0 saturated carbocycles. The molecule has 0 saturated heterocycles. The highest BCUT2D eigenvalue weighted by Crippen LogP contribution is 2.05. The molecule has 0 aliphatic heterocycles. The molecule has 6 heteroatoms. The fourth-order valence-electron chi connectivity index (χ4n) is 1.92. The fraction of sp³-hybridized carbons (Fsp3) is 0.500. The van der Waals surface area contributed by atoms with Crippen LogP contribution in [0.2, 0.25) is 0 Å². The van der Waals surface area contributed by atoms with Crippen molar-refractivity contribution < 1.29 is 9.59 Å². The number of hydrogen-bond donors (Lipinski definition) is 2. The van der Waals surface area contributed by atoms with Gasteiger partial charge in [0.05, 0.1) is 0 Å². The maximum Gasteiger partial charge on any atom is 0.221 e. The molecule has 0 bridgehead atoms. The van der Waals surface area contributed by atoms with Gasteiger partial charge in [0.15, 0.2) is 0 Å². The molecule has 0 aliphatic carbocycles. The molecule has 1 unspecified atom stereocenters. The van der Waals surface area contributed by atoms with Gasteiger partial charge in [0, 0.05) is 39.0 Å². The number of carbonyl (C=O) groups excluding carboxylic acids is 2. The van der Waals surface area contributed by atoms with Crippen LogP contribution in [-0.4, -0.2) is 35.8 Å². The summed E-state index contributed by atoms with van der Waals surface area (Å²) in [5.74, 6) is -0.0720. The summed E-state index contributed by atoms with van der Waals surface area (Å²) in [6.45, 7) is 4.97. The molecule has 1 aromatic rings. The summed E-state index contributed by atoms with van der Waals surface area (Å²) in [6.07, 6.45) is 1.07. The Bertz CT molecular complexity index is 452. The van der Waals surface area contributed by atoms with E-state index in [1.165, 1.54) is 6.92 Å². The van der Waals surface area contributed by atoms with Gasteiger partial charge < -0.3 is 16.0 Å². The first-order valence-electron chi connectivity index (χ1n) is 7.30. The van der Waals surface area contributed by atoms with Crippen molar-refractivity contribution in [3.8, 4) is 0 Å². The lowest BCUT2D eigenvalue weighted by atomic mass is 10.2. The predicted molar refractivity (Wildman–Crippen MR) is 90.7 cm³/mol. The van der Waals surface area contributed by atoms with Crippen molar-refractivity contribution in [2.24, 2.45) is 5.73 Å². The molecule has 5 nitrogen and oxygen atoms in total. The van der Waals surface area contributed by atoms with Crippen LogP contribution in [0.3, 0.4) is 0 Å². The Balaban J connectivity index is 0.00000441. The van der Waals surface area contributed by atoms with E-state index >= 15 is 0 Å². The lowest BCUT2D eigenvalue weighted by Crippen LogP contribution is -2.34. The molecule has 0 fully saturated rings. The Kier molecular flexibility index (Phi) is 10.2. The molecule has 1 aromatic carbocycles. The molecule has 0 heterocycles. The quantitative estimate of drug-likeness (QED) is 0.763. The first-order valence-corrected chi connectivity index (χ1v) is 7.30. The number of halogens is 1. The number of hydrogen-bond acceptors (Lipinski definition) is 3. The smallest absolute Gasteiger partial charge is 0.221 e. The van der Waals surface area contributed by atoms with E-state index in [4.69, 9.17) is 5.73 Å². The van der Waals surface area contributed by atoms with Crippen LogP contribution in [0.4, 0.5) is 0 Å². The summed E-state index contributed by atoms with van der Waals surface area (Å²) in [5.41, 5.74) is 6.68. The highest BCUT2D eigenvalue weighted by Gasteiger charge is 2.11. The molecular formula is C16H26ClN3O2. The molecule has 124 valence electrons. The Morgan fingerprint density at radius 3 is 2.45 bits per heavy atom. The molecule has 1 rings (SSSR count). The average molecular weight is 328 g/mol. The van der Waals surface area contributed by atoms with Gasteiger partial charge in [-0.1, -0.05) is 30.3 Å². The number of nitrogens with zero attached hydrogens (tertiary/aromatic N) is 1. The van der Waals surface area contributed by atoms with E-state index in [0.29, 0.717) is 26.1 Å². The average Bonchev–Trinajstić information content (AvgIpc) is 2.43. The van der Waals surface area contributed by atoms with E-state index in [-0.39, 0.29) is 30.3 Å². The second-order valence-corrected chi connectivity index (χ2v) is 5.29. The molecule has 22 heavy (non-hydrogen) atoms. The van der Waals surface area contributed by atoms with E-state index in [1.54, 1.807) is 4.90 Å². The van der Waals surface area contributed by atoms with Crippen LogP contribution in [0, 0.1) is 0 Å². The largest absolute Gasteiger partial charge is 0.356 e.